The lowest BCUT2D eigenvalue weighted by molar-refractivity contribution is -0.126. The van der Waals surface area contributed by atoms with Gasteiger partial charge in [0.15, 0.2) is 0 Å². The van der Waals surface area contributed by atoms with Crippen LogP contribution in [0, 0.1) is 13.8 Å². The van der Waals surface area contributed by atoms with Crippen LogP contribution in [0.25, 0.3) is 0 Å². The molecule has 2 aromatic carbocycles. The summed E-state index contributed by atoms with van der Waals surface area (Å²) in [5, 5.41) is 15.9. The van der Waals surface area contributed by atoms with Crippen molar-refractivity contribution in [2.75, 3.05) is 5.32 Å². The predicted molar refractivity (Wildman–Crippen MR) is 101 cm³/mol. The number of phenols is 1. The maximum absolute atomic E-state index is 11.9. The fourth-order valence-electron chi connectivity index (χ4n) is 2.12. The van der Waals surface area contributed by atoms with Crippen LogP contribution in [0.15, 0.2) is 46.0 Å². The van der Waals surface area contributed by atoms with E-state index in [1.807, 2.05) is 26.0 Å². The van der Waals surface area contributed by atoms with E-state index in [-0.39, 0.29) is 12.2 Å². The molecule has 0 atom stereocenters. The molecule has 25 heavy (non-hydrogen) atoms. The number of carbonyl (C=O) groups is 2. The highest BCUT2D eigenvalue weighted by Crippen LogP contribution is 2.23. The van der Waals surface area contributed by atoms with E-state index in [1.165, 1.54) is 12.3 Å². The zero-order valence-electron chi connectivity index (χ0n) is 13.8. The van der Waals surface area contributed by atoms with Crippen LogP contribution < -0.4 is 10.7 Å². The number of aryl methyl sites for hydroxylation is 2. The van der Waals surface area contributed by atoms with Crippen LogP contribution in [-0.4, -0.2) is 23.1 Å². The number of halogens is 1. The van der Waals surface area contributed by atoms with Gasteiger partial charge < -0.3 is 10.4 Å². The number of rotatable bonds is 5. The smallest absolute Gasteiger partial charge is 0.249 e. The first kappa shape index (κ1) is 18.7. The van der Waals surface area contributed by atoms with E-state index < -0.39 is 11.8 Å². The fraction of sp³-hybridized carbons (Fsp3) is 0.167. The summed E-state index contributed by atoms with van der Waals surface area (Å²) in [4.78, 5) is 23.7. The fourth-order valence-corrected chi connectivity index (χ4v) is 2.51. The van der Waals surface area contributed by atoms with E-state index in [9.17, 15) is 14.7 Å². The molecule has 6 nitrogen and oxygen atoms in total. The average Bonchev–Trinajstić information content (AvgIpc) is 2.53. The topological polar surface area (TPSA) is 90.8 Å². The molecule has 0 spiro atoms. The Kier molecular flexibility index (Phi) is 6.30. The molecular formula is C18H18BrN3O3. The molecule has 2 aromatic rings. The summed E-state index contributed by atoms with van der Waals surface area (Å²) in [6, 6.07) is 10.4. The molecule has 0 aliphatic rings. The Labute approximate surface area is 154 Å². The molecule has 0 saturated heterocycles. The molecule has 0 fully saturated rings. The molecule has 2 rings (SSSR count). The number of hydrogen-bond donors (Lipinski definition) is 3. The number of carbonyl (C=O) groups excluding carboxylic acids is 2. The van der Waals surface area contributed by atoms with Gasteiger partial charge in [0.2, 0.25) is 11.8 Å². The number of nitrogens with zero attached hydrogens (tertiary/aromatic N) is 1. The molecule has 7 heteroatoms. The molecule has 0 aromatic heterocycles. The molecule has 0 saturated carbocycles. The molecule has 0 radical (unpaired) electrons. The number of benzene rings is 2. The summed E-state index contributed by atoms with van der Waals surface area (Å²) in [6.45, 7) is 3.86. The Morgan fingerprint density at radius 3 is 2.60 bits per heavy atom. The van der Waals surface area contributed by atoms with Crippen molar-refractivity contribution in [3.05, 3.63) is 57.6 Å². The Balaban J connectivity index is 1.85. The summed E-state index contributed by atoms with van der Waals surface area (Å²) in [5.74, 6) is -0.812. The second-order valence-corrected chi connectivity index (χ2v) is 6.40. The number of anilines is 1. The van der Waals surface area contributed by atoms with Crippen LogP contribution in [0.3, 0.4) is 0 Å². The van der Waals surface area contributed by atoms with E-state index in [4.69, 9.17) is 0 Å². The highest BCUT2D eigenvalue weighted by Gasteiger charge is 2.10. The molecule has 3 N–H and O–H groups in total. The largest absolute Gasteiger partial charge is 0.507 e. The second-order valence-electron chi connectivity index (χ2n) is 5.55. The number of aromatic hydroxyl groups is 1. The van der Waals surface area contributed by atoms with Gasteiger partial charge in [-0.2, -0.15) is 5.10 Å². The van der Waals surface area contributed by atoms with Crippen molar-refractivity contribution in [1.82, 2.24) is 5.43 Å². The van der Waals surface area contributed by atoms with Crippen LogP contribution in [-0.2, 0) is 9.59 Å². The van der Waals surface area contributed by atoms with Gasteiger partial charge in [0, 0.05) is 5.69 Å². The van der Waals surface area contributed by atoms with Crippen molar-refractivity contribution in [1.29, 1.82) is 0 Å². The first-order valence-corrected chi connectivity index (χ1v) is 8.32. The second kappa shape index (κ2) is 8.43. The lowest BCUT2D eigenvalue weighted by Gasteiger charge is -2.08. The van der Waals surface area contributed by atoms with Crippen molar-refractivity contribution in [2.45, 2.75) is 20.3 Å². The molecule has 0 aliphatic carbocycles. The highest BCUT2D eigenvalue weighted by atomic mass is 79.9. The van der Waals surface area contributed by atoms with Gasteiger partial charge in [0.05, 0.1) is 10.7 Å². The third kappa shape index (κ3) is 5.72. The Morgan fingerprint density at radius 1 is 1.16 bits per heavy atom. The normalized spacial score (nSPS) is 10.7. The first-order valence-electron chi connectivity index (χ1n) is 7.52. The summed E-state index contributed by atoms with van der Waals surface area (Å²) in [5.41, 5.74) is 5.70. The van der Waals surface area contributed by atoms with Gasteiger partial charge in [-0.25, -0.2) is 5.43 Å². The van der Waals surface area contributed by atoms with Crippen molar-refractivity contribution >= 4 is 39.6 Å². The van der Waals surface area contributed by atoms with Gasteiger partial charge in [-0.1, -0.05) is 17.7 Å². The summed E-state index contributed by atoms with van der Waals surface area (Å²) in [6.07, 6.45) is 1.09. The van der Waals surface area contributed by atoms with E-state index >= 15 is 0 Å². The highest BCUT2D eigenvalue weighted by molar-refractivity contribution is 9.10. The third-order valence-electron chi connectivity index (χ3n) is 3.35. The van der Waals surface area contributed by atoms with Crippen molar-refractivity contribution < 1.29 is 14.7 Å². The Bertz CT molecular complexity index is 834. The Hall–Kier alpha value is -2.67. The summed E-state index contributed by atoms with van der Waals surface area (Å²) in [7, 11) is 0. The maximum atomic E-state index is 11.9. The average molecular weight is 404 g/mol. The van der Waals surface area contributed by atoms with E-state index in [1.54, 1.807) is 18.2 Å². The van der Waals surface area contributed by atoms with Crippen molar-refractivity contribution in [3.63, 3.8) is 0 Å². The van der Waals surface area contributed by atoms with Gasteiger partial charge in [0.1, 0.15) is 12.2 Å². The molecule has 0 aliphatic heterocycles. The maximum Gasteiger partial charge on any atom is 0.249 e. The minimum atomic E-state index is -0.517. The number of amides is 2. The number of hydrazone groups is 1. The van der Waals surface area contributed by atoms with Crippen molar-refractivity contribution in [2.24, 2.45) is 5.10 Å². The molecule has 130 valence electrons. The van der Waals surface area contributed by atoms with Gasteiger partial charge in [-0.15, -0.1) is 0 Å². The summed E-state index contributed by atoms with van der Waals surface area (Å²) >= 11 is 3.19. The SMILES string of the molecule is Cc1ccc(NC(=O)CC(=O)NN=Cc2ccc(O)c(Br)c2)c(C)c1. The molecule has 0 heterocycles. The van der Waals surface area contributed by atoms with E-state index in [0.717, 1.165) is 11.1 Å². The van der Waals surface area contributed by atoms with Crippen LogP contribution in [0.2, 0.25) is 0 Å². The van der Waals surface area contributed by atoms with Gasteiger partial charge in [-0.3, -0.25) is 9.59 Å². The number of nitrogens with one attached hydrogen (secondary N) is 2. The summed E-state index contributed by atoms with van der Waals surface area (Å²) < 4.78 is 0.524. The number of phenolic OH excluding ortho intramolecular Hbond substituents is 1. The zero-order valence-corrected chi connectivity index (χ0v) is 15.4. The standard InChI is InChI=1S/C18H18BrN3O3/c1-11-3-5-15(12(2)7-11)21-17(24)9-18(25)22-20-10-13-4-6-16(23)14(19)8-13/h3-8,10,23H,9H2,1-2H3,(H,21,24)(H,22,25). The molecule has 0 unspecified atom stereocenters. The monoisotopic (exact) mass is 403 g/mol. The lowest BCUT2D eigenvalue weighted by Crippen LogP contribution is -2.24. The van der Waals surface area contributed by atoms with Gasteiger partial charge in [0.25, 0.3) is 0 Å². The van der Waals surface area contributed by atoms with E-state index in [2.05, 4.69) is 31.8 Å². The quantitative estimate of drug-likeness (QED) is 0.406. The molecule has 2 amide bonds. The number of hydrogen-bond acceptors (Lipinski definition) is 4. The van der Waals surface area contributed by atoms with Crippen LogP contribution in [0.4, 0.5) is 5.69 Å². The van der Waals surface area contributed by atoms with Crippen LogP contribution in [0.1, 0.15) is 23.1 Å². The van der Waals surface area contributed by atoms with Crippen molar-refractivity contribution in [3.8, 4) is 5.75 Å². The van der Waals surface area contributed by atoms with Crippen LogP contribution >= 0.6 is 15.9 Å². The van der Waals surface area contributed by atoms with E-state index in [0.29, 0.717) is 15.7 Å². The minimum Gasteiger partial charge on any atom is -0.507 e. The van der Waals surface area contributed by atoms with Crippen LogP contribution in [0.5, 0.6) is 5.75 Å². The predicted octanol–water partition coefficient (Wildman–Crippen LogP) is 3.25. The minimum absolute atomic E-state index is 0.115. The Morgan fingerprint density at radius 2 is 1.92 bits per heavy atom. The first-order chi connectivity index (χ1) is 11.8. The lowest BCUT2D eigenvalue weighted by atomic mass is 10.1. The zero-order chi connectivity index (χ0) is 18.4. The van der Waals surface area contributed by atoms with Gasteiger partial charge in [-0.05, 0) is 65.2 Å². The molecule has 0 bridgehead atoms. The van der Waals surface area contributed by atoms with Gasteiger partial charge >= 0.3 is 0 Å². The molecular weight excluding hydrogens is 386 g/mol. The third-order valence-corrected chi connectivity index (χ3v) is 3.99.